The number of thiophene rings is 1. The Morgan fingerprint density at radius 2 is 2.11 bits per heavy atom. The number of hydrogen-bond acceptors (Lipinski definition) is 6. The van der Waals surface area contributed by atoms with Crippen LogP contribution in [0.2, 0.25) is 5.02 Å². The van der Waals surface area contributed by atoms with Gasteiger partial charge in [-0.25, -0.2) is 0 Å². The second kappa shape index (κ2) is 7.76. The summed E-state index contributed by atoms with van der Waals surface area (Å²) in [5.41, 5.74) is 0.212. The fourth-order valence-corrected chi connectivity index (χ4v) is 4.61. The van der Waals surface area contributed by atoms with Crippen LogP contribution >= 0.6 is 22.9 Å². The molecule has 0 spiro atoms. The third-order valence-electron chi connectivity index (χ3n) is 4.54. The summed E-state index contributed by atoms with van der Waals surface area (Å²) < 4.78 is 6.78. The molecule has 0 aliphatic carbocycles. The van der Waals surface area contributed by atoms with Crippen LogP contribution in [0.5, 0.6) is 5.88 Å². The molecule has 6 nitrogen and oxygen atoms in total. The van der Waals surface area contributed by atoms with Crippen molar-refractivity contribution in [3.05, 3.63) is 60.7 Å². The van der Waals surface area contributed by atoms with Gasteiger partial charge in [-0.15, -0.1) is 11.3 Å². The smallest absolute Gasteiger partial charge is 0.271 e. The number of rotatable bonds is 5. The maximum atomic E-state index is 13.3. The minimum Gasteiger partial charge on any atom is -0.494 e. The van der Waals surface area contributed by atoms with E-state index in [2.05, 4.69) is 0 Å². The minimum absolute atomic E-state index is 0.00967. The molecule has 144 valence electrons. The van der Waals surface area contributed by atoms with Gasteiger partial charge in [0.05, 0.1) is 28.6 Å². The highest BCUT2D eigenvalue weighted by atomic mass is 35.5. The number of aromatic nitrogens is 1. The quantitative estimate of drug-likeness (QED) is 0.639. The van der Waals surface area contributed by atoms with Crippen molar-refractivity contribution in [3.63, 3.8) is 0 Å². The first-order valence-corrected chi connectivity index (χ1v) is 9.60. The van der Waals surface area contributed by atoms with Crippen molar-refractivity contribution >= 4 is 38.8 Å². The molecule has 0 saturated heterocycles. The molecule has 0 aliphatic rings. The summed E-state index contributed by atoms with van der Waals surface area (Å²) in [6, 6.07) is 7.50. The van der Waals surface area contributed by atoms with Crippen LogP contribution in [0, 0.1) is 25.2 Å². The van der Waals surface area contributed by atoms with Crippen molar-refractivity contribution in [2.75, 3.05) is 13.7 Å². The second-order valence-electron chi connectivity index (χ2n) is 6.33. The minimum atomic E-state index is -0.663. The molecule has 3 rings (SSSR count). The predicted octanol–water partition coefficient (Wildman–Crippen LogP) is 3.79. The second-order valence-corrected chi connectivity index (χ2v) is 7.76. The normalized spacial score (nSPS) is 11.0. The Balaban J connectivity index is 2.26. The molecule has 0 atom stereocenters. The lowest BCUT2D eigenvalue weighted by Gasteiger charge is -2.15. The highest BCUT2D eigenvalue weighted by molar-refractivity contribution is 7.21. The van der Waals surface area contributed by atoms with Gasteiger partial charge in [-0.05, 0) is 31.0 Å². The lowest BCUT2D eigenvalue weighted by atomic mass is 10.0. The zero-order chi connectivity index (χ0) is 20.6. The topological polar surface area (TPSA) is 92.3 Å². The molecule has 0 saturated carbocycles. The maximum absolute atomic E-state index is 13.3. The number of methoxy groups -OCH3 is 1. The van der Waals surface area contributed by atoms with Crippen LogP contribution in [-0.4, -0.2) is 29.2 Å². The first kappa shape index (κ1) is 20.1. The molecule has 3 aromatic rings. The van der Waals surface area contributed by atoms with Crippen LogP contribution in [0.4, 0.5) is 0 Å². The van der Waals surface area contributed by atoms with Crippen molar-refractivity contribution < 1.29 is 14.6 Å². The van der Waals surface area contributed by atoms with E-state index < -0.39 is 17.2 Å². The summed E-state index contributed by atoms with van der Waals surface area (Å²) in [6.07, 6.45) is 0. The van der Waals surface area contributed by atoms with E-state index in [4.69, 9.17) is 16.3 Å². The first-order valence-electron chi connectivity index (χ1n) is 8.40. The van der Waals surface area contributed by atoms with Gasteiger partial charge in [-0.3, -0.25) is 14.2 Å². The molecule has 2 aromatic heterocycles. The number of hydrogen-bond donors (Lipinski definition) is 1. The molecule has 0 radical (unpaired) electrons. The van der Waals surface area contributed by atoms with E-state index in [-0.39, 0.29) is 39.7 Å². The lowest BCUT2D eigenvalue weighted by molar-refractivity contribution is 0.103. The molecule has 28 heavy (non-hydrogen) atoms. The number of aromatic hydroxyl groups is 1. The van der Waals surface area contributed by atoms with Crippen LogP contribution in [0.3, 0.4) is 0 Å². The summed E-state index contributed by atoms with van der Waals surface area (Å²) in [5.74, 6) is -1.02. The zero-order valence-electron chi connectivity index (χ0n) is 15.5. The molecule has 1 N–H and O–H groups in total. The fraction of sp³-hybridized carbons (Fsp3) is 0.250. The number of ether oxygens (including phenoxy) is 1. The molecule has 8 heteroatoms. The Morgan fingerprint density at radius 3 is 2.75 bits per heavy atom. The van der Waals surface area contributed by atoms with E-state index in [0.717, 1.165) is 20.2 Å². The van der Waals surface area contributed by atoms with E-state index in [1.165, 1.54) is 25.4 Å². The van der Waals surface area contributed by atoms with Crippen molar-refractivity contribution in [1.29, 1.82) is 5.26 Å². The van der Waals surface area contributed by atoms with Gasteiger partial charge in [0.15, 0.2) is 0 Å². The molecule has 2 heterocycles. The van der Waals surface area contributed by atoms with E-state index in [1.807, 2.05) is 31.2 Å². The van der Waals surface area contributed by atoms with E-state index in [0.29, 0.717) is 0 Å². The molecule has 1 aromatic carbocycles. The van der Waals surface area contributed by atoms with Gasteiger partial charge in [0.1, 0.15) is 11.6 Å². The number of aryl methyl sites for hydroxylation is 1. The molecular weight excluding hydrogens is 400 g/mol. The Labute approximate surface area is 170 Å². The molecular formula is C20H17ClN2O4S. The number of nitriles is 1. The number of pyridine rings is 1. The van der Waals surface area contributed by atoms with E-state index in [9.17, 15) is 20.0 Å². The Morgan fingerprint density at radius 1 is 1.39 bits per heavy atom. The van der Waals surface area contributed by atoms with Crippen LogP contribution in [-0.2, 0) is 11.3 Å². The standard InChI is InChI=1S/C20H17ClN2O4S/c1-10-4-5-12-14(8-10)28-18(16(12)21)17(24)15-11(2)13(9-22)19(25)23(20(15)26)6-7-27-3/h4-5,8,26H,6-7H2,1-3H3. The van der Waals surface area contributed by atoms with E-state index >= 15 is 0 Å². The zero-order valence-corrected chi connectivity index (χ0v) is 17.1. The SMILES string of the molecule is COCCn1c(O)c(C(=O)c2sc3cc(C)ccc3c2Cl)c(C)c(C#N)c1=O. The van der Waals surface area contributed by atoms with Crippen LogP contribution in [0.25, 0.3) is 10.1 Å². The van der Waals surface area contributed by atoms with Crippen molar-refractivity contribution in [2.24, 2.45) is 0 Å². The average molecular weight is 417 g/mol. The van der Waals surface area contributed by atoms with Crippen molar-refractivity contribution in [3.8, 4) is 11.9 Å². The van der Waals surface area contributed by atoms with Crippen LogP contribution < -0.4 is 5.56 Å². The van der Waals surface area contributed by atoms with Gasteiger partial charge in [0.2, 0.25) is 11.7 Å². The molecule has 0 amide bonds. The summed E-state index contributed by atoms with van der Waals surface area (Å²) in [5, 5.41) is 21.1. The highest BCUT2D eigenvalue weighted by Crippen LogP contribution is 2.38. The number of carbonyl (C=O) groups is 1. The number of benzene rings is 1. The van der Waals surface area contributed by atoms with Gasteiger partial charge in [-0.1, -0.05) is 23.7 Å². The molecule has 0 fully saturated rings. The number of halogens is 1. The number of carbonyl (C=O) groups excluding carboxylic acids is 1. The molecule has 0 aliphatic heterocycles. The summed E-state index contributed by atoms with van der Waals surface area (Å²) in [4.78, 5) is 26.0. The molecule has 0 bridgehead atoms. The number of nitrogens with zero attached hydrogens (tertiary/aromatic N) is 2. The van der Waals surface area contributed by atoms with Gasteiger partial charge in [0.25, 0.3) is 5.56 Å². The monoisotopic (exact) mass is 416 g/mol. The largest absolute Gasteiger partial charge is 0.494 e. The third-order valence-corrected chi connectivity index (χ3v) is 6.19. The lowest BCUT2D eigenvalue weighted by Crippen LogP contribution is -2.28. The summed E-state index contributed by atoms with van der Waals surface area (Å²) >= 11 is 7.65. The van der Waals surface area contributed by atoms with Gasteiger partial charge in [0, 0.05) is 17.2 Å². The molecule has 0 unspecified atom stereocenters. The Hall–Kier alpha value is -2.66. The van der Waals surface area contributed by atoms with Crippen molar-refractivity contribution in [1.82, 2.24) is 4.57 Å². The van der Waals surface area contributed by atoms with E-state index in [1.54, 1.807) is 0 Å². The summed E-state index contributed by atoms with van der Waals surface area (Å²) in [7, 11) is 1.45. The highest BCUT2D eigenvalue weighted by Gasteiger charge is 2.28. The predicted molar refractivity (Wildman–Crippen MR) is 109 cm³/mol. The maximum Gasteiger partial charge on any atom is 0.271 e. The van der Waals surface area contributed by atoms with Crippen LogP contribution in [0.1, 0.15) is 31.9 Å². The summed E-state index contributed by atoms with van der Waals surface area (Å²) in [6.45, 7) is 3.56. The number of ketones is 1. The van der Waals surface area contributed by atoms with Crippen LogP contribution in [0.15, 0.2) is 23.0 Å². The van der Waals surface area contributed by atoms with Gasteiger partial charge >= 0.3 is 0 Å². The van der Waals surface area contributed by atoms with Gasteiger partial charge in [-0.2, -0.15) is 5.26 Å². The first-order chi connectivity index (χ1) is 13.3. The van der Waals surface area contributed by atoms with Crippen molar-refractivity contribution in [2.45, 2.75) is 20.4 Å². The fourth-order valence-electron chi connectivity index (χ4n) is 3.04. The average Bonchev–Trinajstić information content (AvgIpc) is 2.97. The number of fused-ring (bicyclic) bond motifs is 1. The Kier molecular flexibility index (Phi) is 5.57. The Bertz CT molecular complexity index is 1200. The third kappa shape index (κ3) is 3.20. The van der Waals surface area contributed by atoms with Gasteiger partial charge < -0.3 is 9.84 Å².